The molecule has 0 aliphatic carbocycles. The third kappa shape index (κ3) is 4.55. The number of aliphatic imine (C=N–C) groups is 1. The summed E-state index contributed by atoms with van der Waals surface area (Å²) in [6.07, 6.45) is 0. The molecule has 1 aliphatic heterocycles. The van der Waals surface area contributed by atoms with Crippen LogP contribution >= 0.6 is 0 Å². The topological polar surface area (TPSA) is 12.4 Å². The highest BCUT2D eigenvalue weighted by Gasteiger charge is 2.31. The molecule has 0 fully saturated rings. The van der Waals surface area contributed by atoms with Gasteiger partial charge in [0.05, 0.1) is 5.70 Å². The molecule has 0 saturated carbocycles. The van der Waals surface area contributed by atoms with E-state index in [1.165, 1.54) is 27.8 Å². The Bertz CT molecular complexity index is 1610. The summed E-state index contributed by atoms with van der Waals surface area (Å²) in [5, 5.41) is 0. The van der Waals surface area contributed by atoms with Crippen molar-refractivity contribution in [3.63, 3.8) is 0 Å². The summed E-state index contributed by atoms with van der Waals surface area (Å²) in [6, 6.07) is 53.7. The summed E-state index contributed by atoms with van der Waals surface area (Å²) in [7, 11) is 0. The Labute approximate surface area is 225 Å². The normalized spacial score (nSPS) is 15.7. The quantitative estimate of drug-likeness (QED) is 0.234. The second-order valence-electron chi connectivity index (χ2n) is 9.57. The van der Waals surface area contributed by atoms with Gasteiger partial charge < -0.3 is 0 Å². The predicted octanol–water partition coefficient (Wildman–Crippen LogP) is 9.42. The van der Waals surface area contributed by atoms with Crippen molar-refractivity contribution >= 4 is 28.1 Å². The lowest BCUT2D eigenvalue weighted by Gasteiger charge is -2.25. The zero-order valence-electron chi connectivity index (χ0n) is 21.5. The van der Waals surface area contributed by atoms with E-state index in [-0.39, 0.29) is 5.92 Å². The Balaban J connectivity index is 1.82. The van der Waals surface area contributed by atoms with Crippen molar-refractivity contribution in [1.29, 1.82) is 0 Å². The number of benzene rings is 5. The van der Waals surface area contributed by atoms with Crippen LogP contribution in [-0.2, 0) is 0 Å². The molecule has 5 aromatic carbocycles. The molecule has 1 heteroatoms. The first-order valence-electron chi connectivity index (χ1n) is 13.1. The highest BCUT2D eigenvalue weighted by Crippen LogP contribution is 2.49. The molecule has 0 spiro atoms. The molecule has 182 valence electrons. The van der Waals surface area contributed by atoms with Crippen LogP contribution in [0, 0.1) is 0 Å². The summed E-state index contributed by atoms with van der Waals surface area (Å²) in [5.41, 5.74) is 11.6. The minimum atomic E-state index is -0.00580. The average Bonchev–Trinajstić information content (AvgIpc) is 3.13. The fourth-order valence-electron chi connectivity index (χ4n) is 5.48. The molecule has 1 unspecified atom stereocenters. The molecule has 0 aromatic heterocycles. The number of rotatable bonds is 5. The Morgan fingerprint density at radius 1 is 0.421 bits per heavy atom. The zero-order chi connectivity index (χ0) is 25.7. The Morgan fingerprint density at radius 2 is 0.816 bits per heavy atom. The van der Waals surface area contributed by atoms with Crippen molar-refractivity contribution < 1.29 is 0 Å². The van der Waals surface area contributed by atoms with E-state index in [4.69, 9.17) is 4.99 Å². The fraction of sp³-hybridized carbons (Fsp3) is 0.0541. The molecule has 6 rings (SSSR count). The van der Waals surface area contributed by atoms with E-state index in [1.54, 1.807) is 0 Å². The van der Waals surface area contributed by atoms with Gasteiger partial charge in [-0.15, -0.1) is 0 Å². The van der Waals surface area contributed by atoms with Gasteiger partial charge in [0, 0.05) is 22.8 Å². The highest BCUT2D eigenvalue weighted by molar-refractivity contribution is 6.27. The summed E-state index contributed by atoms with van der Waals surface area (Å²) >= 11 is 0. The maximum Gasteiger partial charge on any atom is 0.0786 e. The summed E-state index contributed by atoms with van der Waals surface area (Å²) in [6.45, 7) is 2.18. The molecule has 5 aromatic rings. The SMILES string of the molecule is CC1=NC(c2ccccc2)=C(c2ccccc2)C(c2ccccc2)=C(c2ccccc2)C1c1ccccc1. The summed E-state index contributed by atoms with van der Waals surface area (Å²) < 4.78 is 0. The van der Waals surface area contributed by atoms with E-state index in [1.807, 2.05) is 0 Å². The zero-order valence-corrected chi connectivity index (χ0v) is 21.5. The van der Waals surface area contributed by atoms with Gasteiger partial charge in [-0.3, -0.25) is 4.99 Å². The van der Waals surface area contributed by atoms with E-state index >= 15 is 0 Å². The molecule has 1 atom stereocenters. The van der Waals surface area contributed by atoms with Crippen molar-refractivity contribution in [1.82, 2.24) is 0 Å². The van der Waals surface area contributed by atoms with Gasteiger partial charge in [-0.05, 0) is 40.3 Å². The van der Waals surface area contributed by atoms with Gasteiger partial charge in [0.25, 0.3) is 0 Å². The smallest absolute Gasteiger partial charge is 0.0786 e. The molecular weight excluding hydrogens is 458 g/mol. The van der Waals surface area contributed by atoms with E-state index in [0.717, 1.165) is 28.1 Å². The number of hydrogen-bond acceptors (Lipinski definition) is 1. The van der Waals surface area contributed by atoms with Gasteiger partial charge in [-0.25, -0.2) is 0 Å². The first-order valence-corrected chi connectivity index (χ1v) is 13.1. The van der Waals surface area contributed by atoms with Gasteiger partial charge in [0.2, 0.25) is 0 Å². The predicted molar refractivity (Wildman–Crippen MR) is 162 cm³/mol. The van der Waals surface area contributed by atoms with Crippen LogP contribution in [-0.4, -0.2) is 5.71 Å². The number of allylic oxidation sites excluding steroid dienone is 3. The first-order chi connectivity index (χ1) is 18.8. The van der Waals surface area contributed by atoms with E-state index in [9.17, 15) is 0 Å². The van der Waals surface area contributed by atoms with Crippen LogP contribution in [0.4, 0.5) is 0 Å². The lowest BCUT2D eigenvalue weighted by molar-refractivity contribution is 1.15. The van der Waals surface area contributed by atoms with Crippen LogP contribution in [0.25, 0.3) is 22.4 Å². The Kier molecular flexibility index (Phi) is 6.66. The molecule has 0 N–H and O–H groups in total. The molecule has 0 amide bonds. The molecular formula is C37H29N. The molecule has 0 radical (unpaired) electrons. The molecule has 1 nitrogen and oxygen atoms in total. The van der Waals surface area contributed by atoms with Crippen molar-refractivity contribution in [3.05, 3.63) is 179 Å². The minimum absolute atomic E-state index is 0.00580. The maximum atomic E-state index is 5.47. The fourth-order valence-corrected chi connectivity index (χ4v) is 5.48. The highest BCUT2D eigenvalue weighted by atomic mass is 14.8. The standard InChI is InChI=1S/C37H29N/c1-27-33(28-17-7-2-8-18-28)34(29-19-9-3-10-20-29)35(30-21-11-4-12-22-30)36(31-23-13-5-14-24-31)37(38-27)32-25-15-6-16-26-32/h2-26,33H,1H3. The number of nitrogens with zero attached hydrogens (tertiary/aromatic N) is 1. The molecule has 1 heterocycles. The molecule has 0 saturated heterocycles. The van der Waals surface area contributed by atoms with Gasteiger partial charge in [0.15, 0.2) is 0 Å². The largest absolute Gasteiger partial charge is 0.256 e. The molecule has 0 bridgehead atoms. The van der Waals surface area contributed by atoms with Crippen molar-refractivity contribution in [2.24, 2.45) is 4.99 Å². The van der Waals surface area contributed by atoms with Crippen LogP contribution in [0.1, 0.15) is 40.7 Å². The second kappa shape index (κ2) is 10.7. The molecule has 1 aliphatic rings. The van der Waals surface area contributed by atoms with Gasteiger partial charge in [-0.2, -0.15) is 0 Å². The summed E-state index contributed by atoms with van der Waals surface area (Å²) in [4.78, 5) is 5.47. The van der Waals surface area contributed by atoms with Crippen LogP contribution in [0.5, 0.6) is 0 Å². The first kappa shape index (κ1) is 23.6. The minimum Gasteiger partial charge on any atom is -0.256 e. The number of hydrogen-bond donors (Lipinski definition) is 0. The van der Waals surface area contributed by atoms with Crippen molar-refractivity contribution in [2.45, 2.75) is 12.8 Å². The third-order valence-corrected chi connectivity index (χ3v) is 7.14. The summed E-state index contributed by atoms with van der Waals surface area (Å²) in [5.74, 6) is -0.00580. The van der Waals surface area contributed by atoms with Crippen LogP contribution in [0.15, 0.2) is 157 Å². The Hall–Kier alpha value is -4.75. The van der Waals surface area contributed by atoms with Crippen LogP contribution < -0.4 is 0 Å². The van der Waals surface area contributed by atoms with Gasteiger partial charge in [0.1, 0.15) is 0 Å². The van der Waals surface area contributed by atoms with Crippen LogP contribution in [0.2, 0.25) is 0 Å². The lowest BCUT2D eigenvalue weighted by atomic mass is 9.77. The monoisotopic (exact) mass is 487 g/mol. The Morgan fingerprint density at radius 3 is 1.32 bits per heavy atom. The van der Waals surface area contributed by atoms with E-state index < -0.39 is 0 Å². The van der Waals surface area contributed by atoms with Crippen molar-refractivity contribution in [2.75, 3.05) is 0 Å². The third-order valence-electron chi connectivity index (χ3n) is 7.14. The van der Waals surface area contributed by atoms with Crippen LogP contribution in [0.3, 0.4) is 0 Å². The van der Waals surface area contributed by atoms with Gasteiger partial charge in [-0.1, -0.05) is 152 Å². The molecule has 38 heavy (non-hydrogen) atoms. The second-order valence-corrected chi connectivity index (χ2v) is 9.57. The van der Waals surface area contributed by atoms with Crippen molar-refractivity contribution in [3.8, 4) is 0 Å². The average molecular weight is 488 g/mol. The lowest BCUT2D eigenvalue weighted by Crippen LogP contribution is -2.12. The van der Waals surface area contributed by atoms with E-state index in [0.29, 0.717) is 0 Å². The van der Waals surface area contributed by atoms with E-state index in [2.05, 4.69) is 159 Å². The maximum absolute atomic E-state index is 5.47. The van der Waals surface area contributed by atoms with Gasteiger partial charge >= 0.3 is 0 Å².